The fourth-order valence-electron chi connectivity index (χ4n) is 1.70. The van der Waals surface area contributed by atoms with Crippen LogP contribution in [0.5, 0.6) is 0 Å². The normalized spacial score (nSPS) is 10.5. The molecule has 106 valence electrons. The fraction of sp³-hybridized carbons (Fsp3) is 0.500. The lowest BCUT2D eigenvalue weighted by atomic mass is 10.1. The summed E-state index contributed by atoms with van der Waals surface area (Å²) in [4.78, 5) is 13.5. The Morgan fingerprint density at radius 1 is 1.21 bits per heavy atom. The molecule has 0 atom stereocenters. The average Bonchev–Trinajstić information content (AvgIpc) is 2.38. The number of benzene rings is 1. The Morgan fingerprint density at radius 2 is 1.95 bits per heavy atom. The highest BCUT2D eigenvalue weighted by Crippen LogP contribution is 2.10. The maximum absolute atomic E-state index is 13.0. The summed E-state index contributed by atoms with van der Waals surface area (Å²) >= 11 is 5.57. The van der Waals surface area contributed by atoms with Gasteiger partial charge in [-0.1, -0.05) is 12.5 Å². The second-order valence-electron chi connectivity index (χ2n) is 4.49. The van der Waals surface area contributed by atoms with E-state index in [4.69, 9.17) is 11.6 Å². The van der Waals surface area contributed by atoms with E-state index in [1.807, 2.05) is 0 Å². The van der Waals surface area contributed by atoms with E-state index in [-0.39, 0.29) is 12.3 Å². The molecule has 0 radical (unpaired) electrons. The van der Waals surface area contributed by atoms with Gasteiger partial charge in [0.05, 0.1) is 6.42 Å². The molecule has 0 aromatic heterocycles. The SMILES string of the molecule is CN(CCCCCCl)C(=O)Cc1ccc(F)c(F)c1. The molecule has 5 heteroatoms. The van der Waals surface area contributed by atoms with Crippen molar-refractivity contribution >= 4 is 17.5 Å². The third-order valence-electron chi connectivity index (χ3n) is 2.89. The zero-order valence-electron chi connectivity index (χ0n) is 11.0. The van der Waals surface area contributed by atoms with Crippen molar-refractivity contribution < 1.29 is 13.6 Å². The maximum Gasteiger partial charge on any atom is 0.226 e. The van der Waals surface area contributed by atoms with Crippen LogP contribution in [0.2, 0.25) is 0 Å². The van der Waals surface area contributed by atoms with Crippen molar-refractivity contribution in [1.29, 1.82) is 0 Å². The zero-order chi connectivity index (χ0) is 14.3. The molecule has 1 aromatic rings. The molecule has 19 heavy (non-hydrogen) atoms. The summed E-state index contributed by atoms with van der Waals surface area (Å²) in [6, 6.07) is 3.53. The van der Waals surface area contributed by atoms with Crippen molar-refractivity contribution in [2.24, 2.45) is 0 Å². The Kier molecular flexibility index (Phi) is 6.78. The molecule has 0 unspecified atom stereocenters. The van der Waals surface area contributed by atoms with Gasteiger partial charge in [0.1, 0.15) is 0 Å². The van der Waals surface area contributed by atoms with Gasteiger partial charge in [0, 0.05) is 19.5 Å². The molecular formula is C14H18ClF2NO. The van der Waals surface area contributed by atoms with E-state index in [9.17, 15) is 13.6 Å². The first-order valence-electron chi connectivity index (χ1n) is 6.28. The number of likely N-dealkylation sites (N-methyl/N-ethyl adjacent to an activating group) is 1. The van der Waals surface area contributed by atoms with E-state index in [1.165, 1.54) is 6.07 Å². The topological polar surface area (TPSA) is 20.3 Å². The lowest BCUT2D eigenvalue weighted by Gasteiger charge is -2.17. The molecule has 0 saturated heterocycles. The van der Waals surface area contributed by atoms with Crippen LogP contribution < -0.4 is 0 Å². The molecule has 2 nitrogen and oxygen atoms in total. The monoisotopic (exact) mass is 289 g/mol. The molecule has 0 spiro atoms. The third kappa shape index (κ3) is 5.55. The number of carbonyl (C=O) groups is 1. The Balaban J connectivity index is 2.42. The molecule has 0 fully saturated rings. The van der Waals surface area contributed by atoms with Gasteiger partial charge in [-0.05, 0) is 30.5 Å². The van der Waals surface area contributed by atoms with Crippen LogP contribution in [-0.2, 0) is 11.2 Å². The number of hydrogen-bond donors (Lipinski definition) is 0. The van der Waals surface area contributed by atoms with Gasteiger partial charge in [0.15, 0.2) is 11.6 Å². The fourth-order valence-corrected chi connectivity index (χ4v) is 1.89. The van der Waals surface area contributed by atoms with Gasteiger partial charge >= 0.3 is 0 Å². The number of halogens is 3. The molecule has 0 bridgehead atoms. The van der Waals surface area contributed by atoms with Crippen LogP contribution in [0.4, 0.5) is 8.78 Å². The first-order chi connectivity index (χ1) is 9.04. The molecule has 1 aromatic carbocycles. The van der Waals surface area contributed by atoms with Crippen LogP contribution in [0.15, 0.2) is 18.2 Å². The minimum Gasteiger partial charge on any atom is -0.345 e. The van der Waals surface area contributed by atoms with Gasteiger partial charge < -0.3 is 4.90 Å². The van der Waals surface area contributed by atoms with Crippen molar-refractivity contribution in [3.63, 3.8) is 0 Å². The lowest BCUT2D eigenvalue weighted by molar-refractivity contribution is -0.129. The first kappa shape index (κ1) is 15.9. The first-order valence-corrected chi connectivity index (χ1v) is 6.82. The number of alkyl halides is 1. The van der Waals surface area contributed by atoms with Gasteiger partial charge in [0.2, 0.25) is 5.91 Å². The third-order valence-corrected chi connectivity index (χ3v) is 3.16. The summed E-state index contributed by atoms with van der Waals surface area (Å²) in [6.07, 6.45) is 2.90. The number of nitrogens with zero attached hydrogens (tertiary/aromatic N) is 1. The van der Waals surface area contributed by atoms with Gasteiger partial charge in [0.25, 0.3) is 0 Å². The molecule has 0 N–H and O–H groups in total. The summed E-state index contributed by atoms with van der Waals surface area (Å²) in [5.41, 5.74) is 0.483. The van der Waals surface area contributed by atoms with E-state index >= 15 is 0 Å². The molecule has 0 aliphatic heterocycles. The van der Waals surface area contributed by atoms with Crippen molar-refractivity contribution in [2.75, 3.05) is 19.5 Å². The predicted molar refractivity (Wildman–Crippen MR) is 72.3 cm³/mol. The van der Waals surface area contributed by atoms with Gasteiger partial charge in [-0.25, -0.2) is 8.78 Å². The van der Waals surface area contributed by atoms with E-state index < -0.39 is 11.6 Å². The average molecular weight is 290 g/mol. The minimum atomic E-state index is -0.921. The highest BCUT2D eigenvalue weighted by Gasteiger charge is 2.11. The van der Waals surface area contributed by atoms with Crippen molar-refractivity contribution in [2.45, 2.75) is 25.7 Å². The van der Waals surface area contributed by atoms with E-state index in [0.717, 1.165) is 31.4 Å². The molecular weight excluding hydrogens is 272 g/mol. The van der Waals surface area contributed by atoms with E-state index in [0.29, 0.717) is 18.0 Å². The van der Waals surface area contributed by atoms with Crippen LogP contribution in [0, 0.1) is 11.6 Å². The minimum absolute atomic E-state index is 0.0865. The summed E-state index contributed by atoms with van der Waals surface area (Å²) in [5, 5.41) is 0. The van der Waals surface area contributed by atoms with Crippen molar-refractivity contribution in [3.8, 4) is 0 Å². The summed E-state index contributed by atoms with van der Waals surface area (Å²) in [6.45, 7) is 0.652. The van der Waals surface area contributed by atoms with Gasteiger partial charge in [-0.3, -0.25) is 4.79 Å². The second kappa shape index (κ2) is 8.10. The Labute approximate surface area is 117 Å². The summed E-state index contributed by atoms with van der Waals surface area (Å²) < 4.78 is 25.8. The van der Waals surface area contributed by atoms with E-state index in [2.05, 4.69) is 0 Å². The quantitative estimate of drug-likeness (QED) is 0.557. The van der Waals surface area contributed by atoms with Crippen LogP contribution in [0.3, 0.4) is 0 Å². The molecule has 0 heterocycles. The lowest BCUT2D eigenvalue weighted by Crippen LogP contribution is -2.29. The Morgan fingerprint density at radius 3 is 2.58 bits per heavy atom. The molecule has 0 aliphatic carbocycles. The standard InChI is InChI=1S/C14H18ClF2NO/c1-18(8-4-2-3-7-15)14(19)10-11-5-6-12(16)13(17)9-11/h5-6,9H,2-4,7-8,10H2,1H3. The molecule has 1 rings (SSSR count). The summed E-state index contributed by atoms with van der Waals surface area (Å²) in [7, 11) is 1.71. The van der Waals surface area contributed by atoms with Crippen LogP contribution in [-0.4, -0.2) is 30.3 Å². The predicted octanol–water partition coefficient (Wildman–Crippen LogP) is 3.37. The van der Waals surface area contributed by atoms with Crippen LogP contribution in [0.1, 0.15) is 24.8 Å². The number of rotatable bonds is 7. The van der Waals surface area contributed by atoms with Crippen molar-refractivity contribution in [3.05, 3.63) is 35.4 Å². The van der Waals surface area contributed by atoms with Crippen molar-refractivity contribution in [1.82, 2.24) is 4.90 Å². The number of amides is 1. The second-order valence-corrected chi connectivity index (χ2v) is 4.87. The Bertz CT molecular complexity index is 426. The van der Waals surface area contributed by atoms with E-state index in [1.54, 1.807) is 11.9 Å². The van der Waals surface area contributed by atoms with Crippen LogP contribution in [0.25, 0.3) is 0 Å². The zero-order valence-corrected chi connectivity index (χ0v) is 11.7. The van der Waals surface area contributed by atoms with Crippen LogP contribution >= 0.6 is 11.6 Å². The van der Waals surface area contributed by atoms with Gasteiger partial charge in [-0.15, -0.1) is 11.6 Å². The van der Waals surface area contributed by atoms with Gasteiger partial charge in [-0.2, -0.15) is 0 Å². The number of carbonyl (C=O) groups excluding carboxylic acids is 1. The highest BCUT2D eigenvalue weighted by atomic mass is 35.5. The smallest absolute Gasteiger partial charge is 0.226 e. The molecule has 1 amide bonds. The summed E-state index contributed by atoms with van der Waals surface area (Å²) in [5.74, 6) is -1.29. The largest absolute Gasteiger partial charge is 0.345 e. The number of hydrogen-bond acceptors (Lipinski definition) is 1. The maximum atomic E-state index is 13.0. The molecule has 0 saturated carbocycles. The highest BCUT2D eigenvalue weighted by molar-refractivity contribution is 6.17. The molecule has 0 aliphatic rings. The Hall–Kier alpha value is -1.16. The number of unbranched alkanes of at least 4 members (excludes halogenated alkanes) is 2.